The summed E-state index contributed by atoms with van der Waals surface area (Å²) in [5.41, 5.74) is 6.70. The van der Waals surface area contributed by atoms with Crippen molar-refractivity contribution in [2.45, 2.75) is 0 Å². The second-order valence-electron chi connectivity index (χ2n) is 7.53. The number of rotatable bonds is 2. The fourth-order valence-corrected chi connectivity index (χ4v) is 4.58. The van der Waals surface area contributed by atoms with Crippen LogP contribution in [0.25, 0.3) is 55.0 Å². The standard InChI is InChI=1S/C28H17BrO/c29-20-12-10-19(11-13-20)22-15-14-21(18-6-2-1-3-7-18)24-16-26-23-8-4-5-9-27(23)30-28(26)17-25(22)24/h1-17H. The van der Waals surface area contributed by atoms with Gasteiger partial charge in [-0.25, -0.2) is 0 Å². The van der Waals surface area contributed by atoms with Crippen molar-refractivity contribution < 1.29 is 4.42 Å². The fraction of sp³-hybridized carbons (Fsp3) is 0. The Morgan fingerprint density at radius 2 is 1.10 bits per heavy atom. The van der Waals surface area contributed by atoms with Crippen LogP contribution in [0.15, 0.2) is 112 Å². The van der Waals surface area contributed by atoms with Gasteiger partial charge in [0, 0.05) is 15.2 Å². The molecule has 0 aliphatic carbocycles. The van der Waals surface area contributed by atoms with E-state index in [1.54, 1.807) is 0 Å². The van der Waals surface area contributed by atoms with E-state index < -0.39 is 0 Å². The lowest BCUT2D eigenvalue weighted by Crippen LogP contribution is -1.86. The molecule has 1 heterocycles. The SMILES string of the molecule is Brc1ccc(-c2ccc(-c3ccccc3)c3cc4c(cc23)oc2ccccc24)cc1. The molecule has 0 fully saturated rings. The highest BCUT2D eigenvalue weighted by atomic mass is 79.9. The molecule has 0 aliphatic rings. The van der Waals surface area contributed by atoms with E-state index in [0.717, 1.165) is 26.4 Å². The summed E-state index contributed by atoms with van der Waals surface area (Å²) in [7, 11) is 0. The van der Waals surface area contributed by atoms with Gasteiger partial charge in [-0.1, -0.05) is 88.7 Å². The van der Waals surface area contributed by atoms with Gasteiger partial charge in [0.15, 0.2) is 0 Å². The molecule has 30 heavy (non-hydrogen) atoms. The van der Waals surface area contributed by atoms with Crippen LogP contribution in [0.5, 0.6) is 0 Å². The van der Waals surface area contributed by atoms with Crippen LogP contribution in [0, 0.1) is 0 Å². The Morgan fingerprint density at radius 3 is 1.87 bits per heavy atom. The van der Waals surface area contributed by atoms with Crippen LogP contribution >= 0.6 is 15.9 Å². The highest BCUT2D eigenvalue weighted by molar-refractivity contribution is 9.10. The highest BCUT2D eigenvalue weighted by Gasteiger charge is 2.14. The molecule has 0 spiro atoms. The molecule has 0 N–H and O–H groups in total. The number of benzene rings is 5. The summed E-state index contributed by atoms with van der Waals surface area (Å²) < 4.78 is 7.29. The van der Waals surface area contributed by atoms with Crippen molar-refractivity contribution in [2.75, 3.05) is 0 Å². The minimum Gasteiger partial charge on any atom is -0.456 e. The molecule has 1 nitrogen and oxygen atoms in total. The Hall–Kier alpha value is -3.36. The van der Waals surface area contributed by atoms with Gasteiger partial charge in [-0.2, -0.15) is 0 Å². The maximum Gasteiger partial charge on any atom is 0.136 e. The van der Waals surface area contributed by atoms with Gasteiger partial charge in [-0.15, -0.1) is 0 Å². The average Bonchev–Trinajstić information content (AvgIpc) is 3.16. The largest absolute Gasteiger partial charge is 0.456 e. The van der Waals surface area contributed by atoms with Gasteiger partial charge in [-0.05, 0) is 63.4 Å². The van der Waals surface area contributed by atoms with E-state index in [-0.39, 0.29) is 0 Å². The van der Waals surface area contributed by atoms with Gasteiger partial charge < -0.3 is 4.42 Å². The summed E-state index contributed by atoms with van der Waals surface area (Å²) in [6.45, 7) is 0. The third-order valence-corrected chi connectivity index (χ3v) is 6.28. The van der Waals surface area contributed by atoms with E-state index in [4.69, 9.17) is 4.42 Å². The van der Waals surface area contributed by atoms with Gasteiger partial charge in [-0.3, -0.25) is 0 Å². The third-order valence-electron chi connectivity index (χ3n) is 5.75. The van der Waals surface area contributed by atoms with E-state index in [1.807, 2.05) is 12.1 Å². The fourth-order valence-electron chi connectivity index (χ4n) is 4.31. The Morgan fingerprint density at radius 1 is 0.467 bits per heavy atom. The monoisotopic (exact) mass is 448 g/mol. The molecule has 0 saturated heterocycles. The molecule has 6 aromatic rings. The van der Waals surface area contributed by atoms with Gasteiger partial charge in [0.2, 0.25) is 0 Å². The van der Waals surface area contributed by atoms with Gasteiger partial charge >= 0.3 is 0 Å². The molecule has 0 aliphatic heterocycles. The Labute approximate surface area is 182 Å². The van der Waals surface area contributed by atoms with Crippen LogP contribution in [0.3, 0.4) is 0 Å². The zero-order valence-corrected chi connectivity index (χ0v) is 17.7. The van der Waals surface area contributed by atoms with Crippen LogP contribution in [-0.4, -0.2) is 0 Å². The molecule has 0 saturated carbocycles. The van der Waals surface area contributed by atoms with E-state index in [1.165, 1.54) is 33.0 Å². The number of furan rings is 1. The lowest BCUT2D eigenvalue weighted by atomic mass is 9.91. The van der Waals surface area contributed by atoms with Crippen LogP contribution in [0.1, 0.15) is 0 Å². The maximum absolute atomic E-state index is 6.21. The van der Waals surface area contributed by atoms with Crippen LogP contribution in [0.4, 0.5) is 0 Å². The van der Waals surface area contributed by atoms with E-state index >= 15 is 0 Å². The molecule has 5 aromatic carbocycles. The highest BCUT2D eigenvalue weighted by Crippen LogP contribution is 2.40. The summed E-state index contributed by atoms with van der Waals surface area (Å²) in [5.74, 6) is 0. The molecule has 6 rings (SSSR count). The first kappa shape index (κ1) is 17.5. The van der Waals surface area contributed by atoms with E-state index in [9.17, 15) is 0 Å². The molecule has 0 radical (unpaired) electrons. The molecular weight excluding hydrogens is 432 g/mol. The first-order chi connectivity index (χ1) is 14.8. The lowest BCUT2D eigenvalue weighted by Gasteiger charge is -2.13. The second kappa shape index (κ2) is 6.86. The van der Waals surface area contributed by atoms with Crippen molar-refractivity contribution in [3.05, 3.63) is 108 Å². The average molecular weight is 449 g/mol. The Bertz CT molecular complexity index is 1530. The number of fused-ring (bicyclic) bond motifs is 4. The first-order valence-corrected chi connectivity index (χ1v) is 10.8. The quantitative estimate of drug-likeness (QED) is 0.257. The molecule has 0 atom stereocenters. The number of halogens is 1. The maximum atomic E-state index is 6.21. The summed E-state index contributed by atoms with van der Waals surface area (Å²) in [6.07, 6.45) is 0. The molecular formula is C28H17BrO. The topological polar surface area (TPSA) is 13.1 Å². The van der Waals surface area contributed by atoms with E-state index in [2.05, 4.69) is 107 Å². The molecule has 2 heteroatoms. The predicted octanol–water partition coefficient (Wildman–Crippen LogP) is 8.84. The summed E-state index contributed by atoms with van der Waals surface area (Å²) in [5, 5.41) is 4.75. The molecule has 0 amide bonds. The van der Waals surface area contributed by atoms with Crippen LogP contribution < -0.4 is 0 Å². The molecule has 1 aromatic heterocycles. The van der Waals surface area contributed by atoms with Gasteiger partial charge in [0.05, 0.1) is 0 Å². The summed E-state index contributed by atoms with van der Waals surface area (Å²) in [6, 6.07) is 36.3. The van der Waals surface area contributed by atoms with Crippen LogP contribution in [-0.2, 0) is 0 Å². The minimum absolute atomic E-state index is 0.923. The predicted molar refractivity (Wildman–Crippen MR) is 130 cm³/mol. The molecule has 0 unspecified atom stereocenters. The van der Waals surface area contributed by atoms with E-state index in [0.29, 0.717) is 0 Å². The lowest BCUT2D eigenvalue weighted by molar-refractivity contribution is 0.669. The summed E-state index contributed by atoms with van der Waals surface area (Å²) >= 11 is 3.55. The minimum atomic E-state index is 0.923. The zero-order valence-electron chi connectivity index (χ0n) is 16.1. The van der Waals surface area contributed by atoms with Crippen LogP contribution in [0.2, 0.25) is 0 Å². The normalized spacial score (nSPS) is 11.5. The number of hydrogen-bond acceptors (Lipinski definition) is 1. The van der Waals surface area contributed by atoms with Crippen molar-refractivity contribution in [1.82, 2.24) is 0 Å². The third kappa shape index (κ3) is 2.76. The van der Waals surface area contributed by atoms with Crippen molar-refractivity contribution in [3.8, 4) is 22.3 Å². The number of hydrogen-bond donors (Lipinski definition) is 0. The first-order valence-electron chi connectivity index (χ1n) is 9.97. The van der Waals surface area contributed by atoms with Crippen molar-refractivity contribution in [3.63, 3.8) is 0 Å². The van der Waals surface area contributed by atoms with Crippen molar-refractivity contribution >= 4 is 48.6 Å². The molecule has 0 bridgehead atoms. The zero-order chi connectivity index (χ0) is 20.1. The number of para-hydroxylation sites is 1. The Balaban J connectivity index is 1.74. The van der Waals surface area contributed by atoms with Crippen molar-refractivity contribution in [2.24, 2.45) is 0 Å². The Kier molecular flexibility index (Phi) is 4.00. The second-order valence-corrected chi connectivity index (χ2v) is 8.44. The summed E-state index contributed by atoms with van der Waals surface area (Å²) in [4.78, 5) is 0. The van der Waals surface area contributed by atoms with Gasteiger partial charge in [0.1, 0.15) is 11.2 Å². The molecule has 142 valence electrons. The van der Waals surface area contributed by atoms with Gasteiger partial charge in [0.25, 0.3) is 0 Å². The van der Waals surface area contributed by atoms with Crippen molar-refractivity contribution in [1.29, 1.82) is 0 Å². The smallest absolute Gasteiger partial charge is 0.136 e.